The van der Waals surface area contributed by atoms with Crippen LogP contribution in [0.4, 0.5) is 5.69 Å². The van der Waals surface area contributed by atoms with E-state index in [9.17, 15) is 15.2 Å². The molecule has 5 nitrogen and oxygen atoms in total. The van der Waals surface area contributed by atoms with E-state index in [0.29, 0.717) is 5.56 Å². The maximum absolute atomic E-state index is 12.3. The Kier molecular flexibility index (Phi) is 6.88. The summed E-state index contributed by atoms with van der Waals surface area (Å²) in [6, 6.07) is 7.42. The first kappa shape index (κ1) is 18.9. The number of phenols is 1. The minimum absolute atomic E-state index is 0.0245. The van der Waals surface area contributed by atoms with E-state index >= 15 is 0 Å². The monoisotopic (exact) mass is 341 g/mol. The van der Waals surface area contributed by atoms with Gasteiger partial charge in [0.05, 0.1) is 0 Å². The zero-order valence-corrected chi connectivity index (χ0v) is 15.1. The van der Waals surface area contributed by atoms with Crippen molar-refractivity contribution in [2.45, 2.75) is 52.0 Å². The van der Waals surface area contributed by atoms with Crippen molar-refractivity contribution in [2.24, 2.45) is 0 Å². The number of benzene rings is 1. The van der Waals surface area contributed by atoms with Gasteiger partial charge in [-0.25, -0.2) is 0 Å². The van der Waals surface area contributed by atoms with E-state index in [1.807, 2.05) is 12.1 Å². The van der Waals surface area contributed by atoms with E-state index in [1.165, 1.54) is 12.5 Å². The summed E-state index contributed by atoms with van der Waals surface area (Å²) in [7, 11) is 0. The van der Waals surface area contributed by atoms with Crippen molar-refractivity contribution >= 4 is 17.7 Å². The number of anilines is 1. The molecule has 0 aliphatic heterocycles. The van der Waals surface area contributed by atoms with Gasteiger partial charge in [-0.05, 0) is 44.9 Å². The second-order valence-corrected chi connectivity index (χ2v) is 6.39. The lowest BCUT2D eigenvalue weighted by atomic mass is 9.95. The third-order valence-corrected chi connectivity index (χ3v) is 4.75. The smallest absolute Gasteiger partial charge is 0.262 e. The molecule has 1 aromatic rings. The summed E-state index contributed by atoms with van der Waals surface area (Å²) in [6.07, 6.45) is 6.83. The van der Waals surface area contributed by atoms with E-state index in [-0.39, 0.29) is 23.3 Å². The molecular weight excluding hydrogens is 314 g/mol. The Morgan fingerprint density at radius 1 is 1.32 bits per heavy atom. The summed E-state index contributed by atoms with van der Waals surface area (Å²) < 4.78 is 0. The highest BCUT2D eigenvalue weighted by Crippen LogP contribution is 2.26. The van der Waals surface area contributed by atoms with Gasteiger partial charge in [0, 0.05) is 36.4 Å². The number of hydrogen-bond donors (Lipinski definition) is 2. The van der Waals surface area contributed by atoms with Crippen LogP contribution in [0.1, 0.15) is 51.5 Å². The number of amides is 1. The van der Waals surface area contributed by atoms with Crippen molar-refractivity contribution in [3.8, 4) is 11.8 Å². The highest BCUT2D eigenvalue weighted by molar-refractivity contribution is 6.02. The van der Waals surface area contributed by atoms with E-state index < -0.39 is 0 Å². The Bertz CT molecular complexity index is 666. The van der Waals surface area contributed by atoms with Gasteiger partial charge in [-0.1, -0.05) is 19.3 Å². The average Bonchev–Trinajstić information content (AvgIpc) is 2.63. The molecule has 0 atom stereocenters. The number of carbonyl (C=O) groups excluding carboxylic acids is 1. The van der Waals surface area contributed by atoms with Gasteiger partial charge in [0.25, 0.3) is 5.91 Å². The fourth-order valence-corrected chi connectivity index (χ4v) is 3.25. The summed E-state index contributed by atoms with van der Waals surface area (Å²) in [6.45, 7) is 5.80. The molecule has 1 aromatic carbocycles. The van der Waals surface area contributed by atoms with Gasteiger partial charge < -0.3 is 15.3 Å². The van der Waals surface area contributed by atoms with Gasteiger partial charge in [0.1, 0.15) is 17.4 Å². The van der Waals surface area contributed by atoms with Crippen molar-refractivity contribution in [1.29, 1.82) is 5.26 Å². The molecule has 0 heterocycles. The van der Waals surface area contributed by atoms with Crippen LogP contribution in [0, 0.1) is 11.3 Å². The van der Waals surface area contributed by atoms with Gasteiger partial charge in [-0.3, -0.25) is 4.79 Å². The number of carbonyl (C=O) groups is 1. The topological polar surface area (TPSA) is 76.4 Å². The van der Waals surface area contributed by atoms with Gasteiger partial charge in [0.15, 0.2) is 0 Å². The van der Waals surface area contributed by atoms with Crippen molar-refractivity contribution in [3.63, 3.8) is 0 Å². The third-order valence-electron chi connectivity index (χ3n) is 4.75. The Morgan fingerprint density at radius 2 is 2.00 bits per heavy atom. The third kappa shape index (κ3) is 4.99. The number of rotatable bonds is 6. The van der Waals surface area contributed by atoms with Crippen LogP contribution in [-0.4, -0.2) is 30.1 Å². The highest BCUT2D eigenvalue weighted by Gasteiger charge is 2.18. The van der Waals surface area contributed by atoms with E-state index in [0.717, 1.165) is 44.5 Å². The minimum atomic E-state index is -0.360. The summed E-state index contributed by atoms with van der Waals surface area (Å²) in [5.41, 5.74) is 1.42. The maximum atomic E-state index is 12.3. The van der Waals surface area contributed by atoms with E-state index in [4.69, 9.17) is 0 Å². The van der Waals surface area contributed by atoms with Gasteiger partial charge in [0.2, 0.25) is 0 Å². The van der Waals surface area contributed by atoms with Gasteiger partial charge in [-0.2, -0.15) is 5.26 Å². The lowest BCUT2D eigenvalue weighted by Gasteiger charge is -2.22. The number of hydrogen-bond acceptors (Lipinski definition) is 4. The molecular formula is C20H27N3O2. The molecule has 1 amide bonds. The Hall–Kier alpha value is -2.48. The molecule has 0 bridgehead atoms. The summed E-state index contributed by atoms with van der Waals surface area (Å²) in [5, 5.41) is 22.5. The second kappa shape index (κ2) is 9.12. The van der Waals surface area contributed by atoms with Crippen LogP contribution >= 0.6 is 0 Å². The fourth-order valence-electron chi connectivity index (χ4n) is 3.25. The molecule has 1 fully saturated rings. The normalized spacial score (nSPS) is 15.5. The molecule has 5 heteroatoms. The molecule has 2 rings (SSSR count). The Morgan fingerprint density at radius 3 is 2.56 bits per heavy atom. The quantitative estimate of drug-likeness (QED) is 0.612. The van der Waals surface area contributed by atoms with Crippen molar-refractivity contribution in [2.75, 3.05) is 18.0 Å². The molecule has 0 aromatic heterocycles. The van der Waals surface area contributed by atoms with Gasteiger partial charge in [-0.15, -0.1) is 0 Å². The fraction of sp³-hybridized carbons (Fsp3) is 0.500. The van der Waals surface area contributed by atoms with Crippen LogP contribution < -0.4 is 10.2 Å². The highest BCUT2D eigenvalue weighted by atomic mass is 16.3. The number of nitrogens with one attached hydrogen (secondary N) is 1. The van der Waals surface area contributed by atoms with Crippen molar-refractivity contribution < 1.29 is 9.90 Å². The lowest BCUT2D eigenvalue weighted by Crippen LogP contribution is -2.36. The summed E-state index contributed by atoms with van der Waals surface area (Å²) in [5.74, 6) is -0.288. The second-order valence-electron chi connectivity index (χ2n) is 6.39. The van der Waals surface area contributed by atoms with E-state index in [1.54, 1.807) is 12.1 Å². The molecule has 1 aliphatic rings. The Labute approximate surface area is 150 Å². The molecule has 1 aliphatic carbocycles. The first-order chi connectivity index (χ1) is 12.1. The summed E-state index contributed by atoms with van der Waals surface area (Å²) in [4.78, 5) is 14.5. The number of nitrogens with zero attached hydrogens (tertiary/aromatic N) is 2. The predicted octanol–water partition coefficient (Wildman–Crippen LogP) is 3.59. The average molecular weight is 341 g/mol. The molecule has 0 unspecified atom stereocenters. The zero-order valence-electron chi connectivity index (χ0n) is 15.1. The first-order valence-electron chi connectivity index (χ1n) is 9.09. The van der Waals surface area contributed by atoms with Crippen LogP contribution in [0.25, 0.3) is 6.08 Å². The van der Waals surface area contributed by atoms with Crippen LogP contribution in [-0.2, 0) is 4.79 Å². The first-order valence-corrected chi connectivity index (χ1v) is 9.09. The molecule has 1 saturated carbocycles. The maximum Gasteiger partial charge on any atom is 0.262 e. The van der Waals surface area contributed by atoms with Crippen LogP contribution in [0.5, 0.6) is 5.75 Å². The zero-order chi connectivity index (χ0) is 18.2. The molecule has 0 saturated heterocycles. The predicted molar refractivity (Wildman–Crippen MR) is 100 cm³/mol. The summed E-state index contributed by atoms with van der Waals surface area (Å²) >= 11 is 0. The SMILES string of the molecule is CCN(CC)c1ccc(/C=C(\C#N)C(=O)NC2CCCCC2)c(O)c1. The van der Waals surface area contributed by atoms with E-state index in [2.05, 4.69) is 24.1 Å². The standard InChI is InChI=1S/C20H27N3O2/c1-3-23(4-2)18-11-10-15(19(24)13-18)12-16(14-21)20(25)22-17-8-6-5-7-9-17/h10-13,17,24H,3-9H2,1-2H3,(H,22,25)/b16-12+. The van der Waals surface area contributed by atoms with Crippen LogP contribution in [0.3, 0.4) is 0 Å². The molecule has 134 valence electrons. The number of phenolic OH excluding ortho intramolecular Hbond substituents is 1. The molecule has 25 heavy (non-hydrogen) atoms. The lowest BCUT2D eigenvalue weighted by molar-refractivity contribution is -0.117. The van der Waals surface area contributed by atoms with Gasteiger partial charge >= 0.3 is 0 Å². The largest absolute Gasteiger partial charge is 0.507 e. The van der Waals surface area contributed by atoms with Crippen molar-refractivity contribution in [1.82, 2.24) is 5.32 Å². The Balaban J connectivity index is 2.15. The molecule has 2 N–H and O–H groups in total. The van der Waals surface area contributed by atoms with Crippen molar-refractivity contribution in [3.05, 3.63) is 29.3 Å². The van der Waals surface area contributed by atoms with Crippen LogP contribution in [0.2, 0.25) is 0 Å². The molecule has 0 radical (unpaired) electrons. The number of aromatic hydroxyl groups is 1. The number of nitriles is 1. The van der Waals surface area contributed by atoms with Crippen LogP contribution in [0.15, 0.2) is 23.8 Å². The minimum Gasteiger partial charge on any atom is -0.507 e. The molecule has 0 spiro atoms.